The molecule has 4 heteroatoms. The highest BCUT2D eigenvalue weighted by atomic mass is 16.2. The molecule has 3 aromatic carbocycles. The summed E-state index contributed by atoms with van der Waals surface area (Å²) in [6, 6.07) is 23.7. The molecule has 0 aliphatic heterocycles. The van der Waals surface area contributed by atoms with Crippen LogP contribution >= 0.6 is 0 Å². The summed E-state index contributed by atoms with van der Waals surface area (Å²) >= 11 is 0. The van der Waals surface area contributed by atoms with Crippen LogP contribution in [-0.2, 0) is 29.0 Å². The summed E-state index contributed by atoms with van der Waals surface area (Å²) < 4.78 is 0. The van der Waals surface area contributed by atoms with Crippen LogP contribution in [0.15, 0.2) is 72.8 Å². The van der Waals surface area contributed by atoms with E-state index in [2.05, 4.69) is 31.3 Å². The Balaban J connectivity index is 1.97. The van der Waals surface area contributed by atoms with Gasteiger partial charge in [-0.15, -0.1) is 0 Å². The minimum absolute atomic E-state index is 0.0387. The van der Waals surface area contributed by atoms with Gasteiger partial charge in [0, 0.05) is 19.0 Å². The molecule has 0 aliphatic carbocycles. The minimum Gasteiger partial charge on any atom is -0.352 e. The molecule has 4 nitrogen and oxygen atoms in total. The van der Waals surface area contributed by atoms with E-state index >= 15 is 0 Å². The maximum Gasteiger partial charge on any atom is 0.243 e. The smallest absolute Gasteiger partial charge is 0.243 e. The lowest BCUT2D eigenvalue weighted by atomic mass is 10.00. The van der Waals surface area contributed by atoms with Crippen LogP contribution in [0.2, 0.25) is 0 Å². The first kappa shape index (κ1) is 26.2. The number of amides is 2. The van der Waals surface area contributed by atoms with E-state index < -0.39 is 6.04 Å². The monoisotopic (exact) mass is 470 g/mol. The molecule has 0 bridgehead atoms. The van der Waals surface area contributed by atoms with Crippen molar-refractivity contribution in [2.75, 3.05) is 0 Å². The minimum atomic E-state index is -0.605. The van der Waals surface area contributed by atoms with Crippen LogP contribution in [0.5, 0.6) is 0 Å². The van der Waals surface area contributed by atoms with Crippen molar-refractivity contribution >= 4 is 11.8 Å². The van der Waals surface area contributed by atoms with Gasteiger partial charge in [0.2, 0.25) is 11.8 Å². The zero-order valence-corrected chi connectivity index (χ0v) is 21.7. The Hall–Kier alpha value is -3.40. The molecule has 3 aromatic rings. The number of aryl methyl sites for hydroxylation is 3. The molecular weight excluding hydrogens is 432 g/mol. The van der Waals surface area contributed by atoms with Gasteiger partial charge in [-0.3, -0.25) is 9.59 Å². The zero-order chi connectivity index (χ0) is 25.4. The average molecular weight is 471 g/mol. The van der Waals surface area contributed by atoms with E-state index in [-0.39, 0.29) is 24.3 Å². The highest BCUT2D eigenvalue weighted by Crippen LogP contribution is 2.18. The molecule has 2 atom stereocenters. The molecular formula is C31H38N2O2. The normalized spacial score (nSPS) is 12.6. The summed E-state index contributed by atoms with van der Waals surface area (Å²) in [5, 5.41) is 3.13. The average Bonchev–Trinajstić information content (AvgIpc) is 2.85. The number of hydrogen-bond donors (Lipinski definition) is 1. The van der Waals surface area contributed by atoms with Gasteiger partial charge in [-0.05, 0) is 61.9 Å². The van der Waals surface area contributed by atoms with Crippen LogP contribution in [0.1, 0.15) is 53.6 Å². The van der Waals surface area contributed by atoms with Crippen molar-refractivity contribution in [3.8, 4) is 0 Å². The molecule has 3 rings (SSSR count). The first-order valence-corrected chi connectivity index (χ1v) is 12.5. The summed E-state index contributed by atoms with van der Waals surface area (Å²) in [5.41, 5.74) is 6.54. The zero-order valence-electron chi connectivity index (χ0n) is 21.7. The second-order valence-corrected chi connectivity index (χ2v) is 9.63. The van der Waals surface area contributed by atoms with Crippen molar-refractivity contribution < 1.29 is 9.59 Å². The third kappa shape index (κ3) is 7.54. The SMILES string of the molecule is CC[C@H](C)NC(=O)[C@H](Cc1ccccc1)N(Cc1ccc(C)cc1)C(=O)Cc1ccc(C)c(C)c1. The lowest BCUT2D eigenvalue weighted by Crippen LogP contribution is -2.52. The molecule has 0 spiro atoms. The van der Waals surface area contributed by atoms with Crippen molar-refractivity contribution in [2.24, 2.45) is 0 Å². The molecule has 0 aromatic heterocycles. The van der Waals surface area contributed by atoms with E-state index in [1.807, 2.05) is 81.4 Å². The number of hydrogen-bond acceptors (Lipinski definition) is 2. The maximum atomic E-state index is 13.8. The number of carbonyl (C=O) groups excluding carboxylic acids is 2. The van der Waals surface area contributed by atoms with Crippen LogP contribution in [0.4, 0.5) is 0 Å². The van der Waals surface area contributed by atoms with Crippen LogP contribution in [-0.4, -0.2) is 28.8 Å². The number of benzene rings is 3. The summed E-state index contributed by atoms with van der Waals surface area (Å²) in [4.78, 5) is 29.1. The number of nitrogens with one attached hydrogen (secondary N) is 1. The second-order valence-electron chi connectivity index (χ2n) is 9.63. The van der Waals surface area contributed by atoms with E-state index in [9.17, 15) is 9.59 Å². The van der Waals surface area contributed by atoms with Crippen molar-refractivity contribution in [2.45, 2.75) is 72.5 Å². The standard InChI is InChI=1S/C31H38N2O2/c1-6-25(5)32-31(35)29(19-26-10-8-7-9-11-26)33(21-27-15-12-22(2)13-16-27)30(34)20-28-17-14-23(3)24(4)18-28/h7-18,25,29H,6,19-21H2,1-5H3,(H,32,35)/t25-,29-/m0/s1. The predicted octanol–water partition coefficient (Wildman–Crippen LogP) is 5.71. The van der Waals surface area contributed by atoms with Crippen LogP contribution in [0, 0.1) is 20.8 Å². The van der Waals surface area contributed by atoms with Gasteiger partial charge in [0.1, 0.15) is 6.04 Å². The van der Waals surface area contributed by atoms with Gasteiger partial charge in [-0.2, -0.15) is 0 Å². The Morgan fingerprint density at radius 3 is 2.11 bits per heavy atom. The van der Waals surface area contributed by atoms with Crippen molar-refractivity contribution in [3.05, 3.63) is 106 Å². The van der Waals surface area contributed by atoms with Crippen molar-refractivity contribution in [1.82, 2.24) is 10.2 Å². The fourth-order valence-corrected chi connectivity index (χ4v) is 4.07. The number of nitrogens with zero attached hydrogens (tertiary/aromatic N) is 1. The van der Waals surface area contributed by atoms with Crippen molar-refractivity contribution in [1.29, 1.82) is 0 Å². The van der Waals surface area contributed by atoms with Crippen LogP contribution < -0.4 is 5.32 Å². The Morgan fingerprint density at radius 2 is 1.49 bits per heavy atom. The van der Waals surface area contributed by atoms with Gasteiger partial charge in [-0.1, -0.05) is 85.3 Å². The second kappa shape index (κ2) is 12.3. The molecule has 0 fully saturated rings. The summed E-state index contributed by atoms with van der Waals surface area (Å²) in [6.07, 6.45) is 1.56. The van der Waals surface area contributed by atoms with Gasteiger partial charge >= 0.3 is 0 Å². The fourth-order valence-electron chi connectivity index (χ4n) is 4.07. The predicted molar refractivity (Wildman–Crippen MR) is 143 cm³/mol. The van der Waals surface area contributed by atoms with Crippen molar-refractivity contribution in [3.63, 3.8) is 0 Å². The summed E-state index contributed by atoms with van der Waals surface area (Å²) in [6.45, 7) is 10.6. The third-order valence-electron chi connectivity index (χ3n) is 6.67. The Morgan fingerprint density at radius 1 is 0.829 bits per heavy atom. The quantitative estimate of drug-likeness (QED) is 0.413. The first-order chi connectivity index (χ1) is 16.8. The van der Waals surface area contributed by atoms with Crippen LogP contribution in [0.25, 0.3) is 0 Å². The molecule has 0 aliphatic rings. The highest BCUT2D eigenvalue weighted by Gasteiger charge is 2.31. The van der Waals surface area contributed by atoms with E-state index in [0.29, 0.717) is 13.0 Å². The number of rotatable bonds is 10. The molecule has 0 radical (unpaired) electrons. The van der Waals surface area contributed by atoms with Gasteiger partial charge in [0.15, 0.2) is 0 Å². The third-order valence-corrected chi connectivity index (χ3v) is 6.67. The maximum absolute atomic E-state index is 13.8. The van der Waals surface area contributed by atoms with E-state index in [1.54, 1.807) is 4.90 Å². The molecule has 0 heterocycles. The Labute approximate surface area is 210 Å². The largest absolute Gasteiger partial charge is 0.352 e. The van der Waals surface area contributed by atoms with Gasteiger partial charge in [-0.25, -0.2) is 0 Å². The van der Waals surface area contributed by atoms with Gasteiger partial charge in [0.05, 0.1) is 6.42 Å². The topological polar surface area (TPSA) is 49.4 Å². The molecule has 184 valence electrons. The first-order valence-electron chi connectivity index (χ1n) is 12.5. The molecule has 0 saturated heterocycles. The van der Waals surface area contributed by atoms with E-state index in [1.165, 1.54) is 5.56 Å². The fraction of sp³-hybridized carbons (Fsp3) is 0.355. The molecule has 0 unspecified atom stereocenters. The van der Waals surface area contributed by atoms with Gasteiger partial charge in [0.25, 0.3) is 0 Å². The molecule has 1 N–H and O–H groups in total. The van der Waals surface area contributed by atoms with E-state index in [4.69, 9.17) is 0 Å². The lowest BCUT2D eigenvalue weighted by molar-refractivity contribution is -0.141. The molecule has 35 heavy (non-hydrogen) atoms. The van der Waals surface area contributed by atoms with Gasteiger partial charge < -0.3 is 10.2 Å². The summed E-state index contributed by atoms with van der Waals surface area (Å²) in [7, 11) is 0. The Bertz CT molecular complexity index is 1120. The van der Waals surface area contributed by atoms with Crippen LogP contribution in [0.3, 0.4) is 0 Å². The van der Waals surface area contributed by atoms with E-state index in [0.717, 1.165) is 34.2 Å². The number of carbonyl (C=O) groups is 2. The molecule has 2 amide bonds. The molecule has 0 saturated carbocycles. The lowest BCUT2D eigenvalue weighted by Gasteiger charge is -2.32. The highest BCUT2D eigenvalue weighted by molar-refractivity contribution is 5.89. The Kier molecular flexibility index (Phi) is 9.25. The summed E-state index contributed by atoms with van der Waals surface area (Å²) in [5.74, 6) is -0.155.